The lowest BCUT2D eigenvalue weighted by molar-refractivity contribution is 0.0708. The summed E-state index contributed by atoms with van der Waals surface area (Å²) in [6.45, 7) is 2.36. The minimum absolute atomic E-state index is 0. The van der Waals surface area contributed by atoms with E-state index in [2.05, 4.69) is 10.3 Å². The Balaban J connectivity index is 0.00000121. The fraction of sp³-hybridized carbons (Fsp3) is 0.333. The van der Waals surface area contributed by atoms with Gasteiger partial charge in [0.15, 0.2) is 0 Å². The zero-order valence-electron chi connectivity index (χ0n) is 14.0. The molecule has 0 aliphatic carbocycles. The van der Waals surface area contributed by atoms with Crippen molar-refractivity contribution in [1.29, 1.82) is 0 Å². The molecule has 26 heavy (non-hydrogen) atoms. The number of likely N-dealkylation sites (tertiary alicyclic amines) is 1. The Labute approximate surface area is 164 Å². The predicted molar refractivity (Wildman–Crippen MR) is 103 cm³/mol. The van der Waals surface area contributed by atoms with Crippen LogP contribution < -0.4 is 11.1 Å². The minimum Gasteiger partial charge on any atom is -0.384 e. The van der Waals surface area contributed by atoms with E-state index in [1.165, 1.54) is 12.1 Å². The largest absolute Gasteiger partial charge is 0.384 e. The quantitative estimate of drug-likeness (QED) is 0.815. The zero-order valence-corrected chi connectivity index (χ0v) is 15.6. The molecule has 0 radical (unpaired) electrons. The monoisotopic (exact) mass is 398 g/mol. The highest BCUT2D eigenvalue weighted by molar-refractivity contribution is 5.93. The van der Waals surface area contributed by atoms with Gasteiger partial charge >= 0.3 is 0 Å². The number of nitrogen functional groups attached to an aromatic ring is 1. The molecule has 1 aromatic carbocycles. The molecule has 140 valence electrons. The molecule has 2 aliphatic heterocycles. The zero-order chi connectivity index (χ0) is 16.7. The van der Waals surface area contributed by atoms with Crippen LogP contribution in [0.4, 0.5) is 10.2 Å². The lowest BCUT2D eigenvalue weighted by Crippen LogP contribution is -2.35. The van der Waals surface area contributed by atoms with E-state index in [1.807, 2.05) is 11.0 Å². The predicted octanol–water partition coefficient (Wildman–Crippen LogP) is 2.68. The number of carbonyl (C=O) groups excluding carboxylic acids is 1. The van der Waals surface area contributed by atoms with E-state index >= 15 is 0 Å². The Hall–Kier alpha value is -1.89. The van der Waals surface area contributed by atoms with Crippen molar-refractivity contribution in [1.82, 2.24) is 15.2 Å². The molecule has 3 heterocycles. The molecule has 2 aromatic rings. The van der Waals surface area contributed by atoms with Crippen LogP contribution in [0.2, 0.25) is 0 Å². The van der Waals surface area contributed by atoms with Crippen LogP contribution in [0.1, 0.15) is 22.1 Å². The molecule has 0 bridgehead atoms. The molecule has 2 saturated heterocycles. The molecule has 4 rings (SSSR count). The van der Waals surface area contributed by atoms with Crippen molar-refractivity contribution in [3.8, 4) is 0 Å². The Morgan fingerprint density at radius 3 is 2.69 bits per heavy atom. The number of anilines is 1. The maximum Gasteiger partial charge on any atom is 0.273 e. The summed E-state index contributed by atoms with van der Waals surface area (Å²) in [5.41, 5.74) is 6.89. The summed E-state index contributed by atoms with van der Waals surface area (Å²) in [4.78, 5) is 19.0. The van der Waals surface area contributed by atoms with Crippen molar-refractivity contribution in [3.63, 3.8) is 0 Å². The first-order chi connectivity index (χ1) is 11.6. The molecule has 3 N–H and O–H groups in total. The fourth-order valence-electron chi connectivity index (χ4n) is 3.96. The van der Waals surface area contributed by atoms with Crippen molar-refractivity contribution in [2.45, 2.75) is 6.04 Å². The maximum atomic E-state index is 13.7. The number of nitrogens with one attached hydrogen (secondary N) is 1. The number of nitrogens with two attached hydrogens (primary N) is 1. The molecule has 1 aromatic heterocycles. The van der Waals surface area contributed by atoms with Gasteiger partial charge < -0.3 is 16.0 Å². The number of fused-ring (bicyclic) bond motifs is 1. The minimum atomic E-state index is -0.281. The molecule has 2 fully saturated rings. The Kier molecular flexibility index (Phi) is 6.44. The Bertz CT molecular complexity index is 791. The highest BCUT2D eigenvalue weighted by Gasteiger charge is 2.47. The smallest absolute Gasteiger partial charge is 0.273 e. The Morgan fingerprint density at radius 1 is 1.19 bits per heavy atom. The van der Waals surface area contributed by atoms with Gasteiger partial charge in [0.05, 0.1) is 6.04 Å². The van der Waals surface area contributed by atoms with Crippen molar-refractivity contribution in [3.05, 3.63) is 59.5 Å². The summed E-state index contributed by atoms with van der Waals surface area (Å²) in [5.74, 6) is 0.562. The van der Waals surface area contributed by atoms with Crippen LogP contribution in [0.15, 0.2) is 42.5 Å². The van der Waals surface area contributed by atoms with Crippen LogP contribution >= 0.6 is 24.8 Å². The third-order valence-electron chi connectivity index (χ3n) is 5.01. The third kappa shape index (κ3) is 3.63. The fourth-order valence-corrected chi connectivity index (χ4v) is 3.96. The van der Waals surface area contributed by atoms with Crippen molar-refractivity contribution in [2.24, 2.45) is 11.8 Å². The second-order valence-electron chi connectivity index (χ2n) is 6.49. The van der Waals surface area contributed by atoms with Gasteiger partial charge in [-0.3, -0.25) is 4.79 Å². The molecular weight excluding hydrogens is 378 g/mol. The number of benzene rings is 1. The summed E-state index contributed by atoms with van der Waals surface area (Å²) in [7, 11) is 0. The average Bonchev–Trinajstić information content (AvgIpc) is 3.14. The molecule has 5 nitrogen and oxygen atoms in total. The molecule has 3 atom stereocenters. The van der Waals surface area contributed by atoms with E-state index in [-0.39, 0.29) is 48.5 Å². The van der Waals surface area contributed by atoms with Crippen LogP contribution in [0.3, 0.4) is 0 Å². The van der Waals surface area contributed by atoms with Gasteiger partial charge in [-0.05, 0) is 35.7 Å². The number of amides is 1. The molecule has 0 spiro atoms. The molecular formula is C18H21Cl2FN4O. The van der Waals surface area contributed by atoms with Gasteiger partial charge in [-0.25, -0.2) is 9.37 Å². The first kappa shape index (κ1) is 20.4. The molecule has 1 amide bonds. The van der Waals surface area contributed by atoms with Gasteiger partial charge in [0, 0.05) is 25.6 Å². The number of carbonyl (C=O) groups is 1. The van der Waals surface area contributed by atoms with E-state index in [0.717, 1.165) is 18.7 Å². The number of pyridine rings is 1. The summed E-state index contributed by atoms with van der Waals surface area (Å²) in [6, 6.07) is 11.5. The van der Waals surface area contributed by atoms with Crippen LogP contribution in [0, 0.1) is 17.7 Å². The molecule has 2 aliphatic rings. The van der Waals surface area contributed by atoms with E-state index in [4.69, 9.17) is 5.73 Å². The summed E-state index contributed by atoms with van der Waals surface area (Å²) in [6.07, 6.45) is 0. The van der Waals surface area contributed by atoms with E-state index in [9.17, 15) is 9.18 Å². The number of hydrogen-bond donors (Lipinski definition) is 2. The van der Waals surface area contributed by atoms with Gasteiger partial charge in [-0.15, -0.1) is 24.8 Å². The van der Waals surface area contributed by atoms with Crippen molar-refractivity contribution in [2.75, 3.05) is 25.4 Å². The Morgan fingerprint density at radius 2 is 1.96 bits per heavy atom. The first-order valence-corrected chi connectivity index (χ1v) is 8.13. The second kappa shape index (κ2) is 8.20. The van der Waals surface area contributed by atoms with E-state index in [0.29, 0.717) is 24.0 Å². The topological polar surface area (TPSA) is 71.2 Å². The highest BCUT2D eigenvalue weighted by atomic mass is 35.5. The van der Waals surface area contributed by atoms with Crippen LogP contribution in [-0.4, -0.2) is 35.4 Å². The summed E-state index contributed by atoms with van der Waals surface area (Å²) >= 11 is 0. The van der Waals surface area contributed by atoms with Crippen LogP contribution in [-0.2, 0) is 0 Å². The maximum absolute atomic E-state index is 13.7. The third-order valence-corrected chi connectivity index (χ3v) is 5.01. The van der Waals surface area contributed by atoms with E-state index in [1.54, 1.807) is 24.3 Å². The van der Waals surface area contributed by atoms with Crippen molar-refractivity contribution >= 4 is 36.5 Å². The van der Waals surface area contributed by atoms with Crippen molar-refractivity contribution < 1.29 is 9.18 Å². The lowest BCUT2D eigenvalue weighted by atomic mass is 9.89. The normalized spacial score (nSPS) is 23.7. The van der Waals surface area contributed by atoms with Gasteiger partial charge in [0.25, 0.3) is 5.91 Å². The molecule has 0 unspecified atom stereocenters. The summed E-state index contributed by atoms with van der Waals surface area (Å²) in [5, 5.41) is 3.38. The van der Waals surface area contributed by atoms with Gasteiger partial charge in [-0.2, -0.15) is 0 Å². The van der Waals surface area contributed by atoms with Gasteiger partial charge in [0.1, 0.15) is 17.3 Å². The SMILES string of the molecule is Cl.Cl.Nc1cccc(C(=O)N2C[C@@H]3CNC[C@@H]3[C@@H]2c2cccc(F)c2)n1. The van der Waals surface area contributed by atoms with Gasteiger partial charge in [0.2, 0.25) is 0 Å². The highest BCUT2D eigenvalue weighted by Crippen LogP contribution is 2.43. The average molecular weight is 399 g/mol. The summed E-state index contributed by atoms with van der Waals surface area (Å²) < 4.78 is 13.7. The van der Waals surface area contributed by atoms with E-state index < -0.39 is 0 Å². The standard InChI is InChI=1S/C18H19FN4O.2ClH/c19-13-4-1-3-11(7-13)17-14-9-21-8-12(14)10-23(17)18(24)15-5-2-6-16(20)22-15;;/h1-7,12,14,17,21H,8-10H2,(H2,20,22);2*1H/t12-,14-,17-;;/m0../s1. The second-order valence-corrected chi connectivity index (χ2v) is 6.49. The first-order valence-electron chi connectivity index (χ1n) is 8.13. The molecule has 8 heteroatoms. The van der Waals surface area contributed by atoms with Gasteiger partial charge in [-0.1, -0.05) is 18.2 Å². The lowest BCUT2D eigenvalue weighted by Gasteiger charge is -2.28. The van der Waals surface area contributed by atoms with Crippen LogP contribution in [0.5, 0.6) is 0 Å². The number of aromatic nitrogens is 1. The number of hydrogen-bond acceptors (Lipinski definition) is 4. The number of nitrogens with zero attached hydrogens (tertiary/aromatic N) is 2. The molecule has 0 saturated carbocycles. The number of halogens is 3. The number of rotatable bonds is 2. The van der Waals surface area contributed by atoms with Crippen LogP contribution in [0.25, 0.3) is 0 Å².